The van der Waals surface area contributed by atoms with Crippen molar-refractivity contribution in [2.24, 2.45) is 0 Å². The quantitative estimate of drug-likeness (QED) is 0.417. The molecule has 1 amide bonds. The number of benzene rings is 1. The second-order valence-corrected chi connectivity index (χ2v) is 7.54. The molecule has 1 aliphatic heterocycles. The van der Waals surface area contributed by atoms with Gasteiger partial charge in [0, 0.05) is 24.5 Å². The third-order valence-corrected chi connectivity index (χ3v) is 5.56. The fraction of sp³-hybridized carbons (Fsp3) is 0.400. The fourth-order valence-corrected chi connectivity index (χ4v) is 3.94. The van der Waals surface area contributed by atoms with Crippen molar-refractivity contribution in [3.8, 4) is 0 Å². The maximum atomic E-state index is 12.0. The van der Waals surface area contributed by atoms with Gasteiger partial charge in [-0.15, -0.1) is 0 Å². The molecule has 23 heavy (non-hydrogen) atoms. The number of rotatable bonds is 8. The van der Waals surface area contributed by atoms with Crippen molar-refractivity contribution in [2.45, 2.75) is 18.9 Å². The molecule has 1 aromatic carbocycles. The number of nitrogens with one attached hydrogen (secondary N) is 1. The van der Waals surface area contributed by atoms with E-state index in [0.717, 1.165) is 5.56 Å². The summed E-state index contributed by atoms with van der Waals surface area (Å²) in [4.78, 5) is 34.2. The van der Waals surface area contributed by atoms with E-state index in [1.54, 1.807) is 12.1 Å². The standard InChI is InChI=1S/C15H17NO5S2/c17-13(18)5-7-22-23-8-6-16-14(19)12-9-10-3-1-2-4-11(10)15(20)21-12/h1-4,12H,5-9H2,(H,16,19)(H,17,18). The van der Waals surface area contributed by atoms with Crippen LogP contribution in [0, 0.1) is 0 Å². The lowest BCUT2D eigenvalue weighted by atomic mass is 9.98. The maximum absolute atomic E-state index is 12.0. The van der Waals surface area contributed by atoms with E-state index in [9.17, 15) is 14.4 Å². The van der Waals surface area contributed by atoms with Gasteiger partial charge >= 0.3 is 11.9 Å². The molecular weight excluding hydrogens is 338 g/mol. The summed E-state index contributed by atoms with van der Waals surface area (Å²) in [6.45, 7) is 0.444. The molecule has 1 aromatic rings. The number of hydrogen-bond acceptors (Lipinski definition) is 6. The number of carboxylic acids is 1. The van der Waals surface area contributed by atoms with Gasteiger partial charge in [-0.25, -0.2) is 4.79 Å². The van der Waals surface area contributed by atoms with Crippen LogP contribution in [0.3, 0.4) is 0 Å². The highest BCUT2D eigenvalue weighted by molar-refractivity contribution is 8.76. The molecule has 1 heterocycles. The van der Waals surface area contributed by atoms with Gasteiger partial charge in [0.25, 0.3) is 5.91 Å². The SMILES string of the molecule is O=C(O)CCSSCCNC(=O)C1Cc2ccccc2C(=O)O1. The minimum Gasteiger partial charge on any atom is -0.481 e. The average Bonchev–Trinajstić information content (AvgIpc) is 2.53. The number of hydrogen-bond donors (Lipinski definition) is 2. The molecule has 0 fully saturated rings. The predicted octanol–water partition coefficient (Wildman–Crippen LogP) is 1.74. The van der Waals surface area contributed by atoms with Gasteiger partial charge in [-0.1, -0.05) is 39.8 Å². The zero-order valence-electron chi connectivity index (χ0n) is 12.3. The number of esters is 1. The van der Waals surface area contributed by atoms with Crippen molar-refractivity contribution in [2.75, 3.05) is 18.1 Å². The number of cyclic esters (lactones) is 1. The number of amides is 1. The Labute approximate surface area is 141 Å². The molecule has 2 N–H and O–H groups in total. The monoisotopic (exact) mass is 355 g/mol. The van der Waals surface area contributed by atoms with E-state index in [2.05, 4.69) is 5.32 Å². The van der Waals surface area contributed by atoms with Crippen molar-refractivity contribution in [1.82, 2.24) is 5.32 Å². The number of carbonyl (C=O) groups is 3. The topological polar surface area (TPSA) is 92.7 Å². The molecule has 0 spiro atoms. The molecule has 0 radical (unpaired) electrons. The maximum Gasteiger partial charge on any atom is 0.339 e. The molecule has 1 atom stereocenters. The van der Waals surface area contributed by atoms with Crippen LogP contribution in [0.1, 0.15) is 22.3 Å². The lowest BCUT2D eigenvalue weighted by Crippen LogP contribution is -2.42. The van der Waals surface area contributed by atoms with Gasteiger partial charge in [-0.05, 0) is 11.6 Å². The summed E-state index contributed by atoms with van der Waals surface area (Å²) in [5, 5.41) is 11.2. The molecule has 6 nitrogen and oxygen atoms in total. The normalized spacial score (nSPS) is 16.3. The lowest BCUT2D eigenvalue weighted by molar-refractivity contribution is -0.136. The van der Waals surface area contributed by atoms with Crippen LogP contribution in [-0.2, 0) is 20.7 Å². The Hall–Kier alpha value is -1.67. The van der Waals surface area contributed by atoms with Gasteiger partial charge < -0.3 is 15.2 Å². The second kappa shape index (κ2) is 8.83. The Balaban J connectivity index is 1.69. The van der Waals surface area contributed by atoms with Crippen molar-refractivity contribution < 1.29 is 24.2 Å². The van der Waals surface area contributed by atoms with E-state index < -0.39 is 18.0 Å². The first kappa shape index (κ1) is 17.7. The van der Waals surface area contributed by atoms with Crippen LogP contribution in [0.2, 0.25) is 0 Å². The Morgan fingerprint density at radius 2 is 2.00 bits per heavy atom. The third-order valence-electron chi connectivity index (χ3n) is 3.15. The smallest absolute Gasteiger partial charge is 0.339 e. The van der Waals surface area contributed by atoms with Crippen LogP contribution < -0.4 is 5.32 Å². The predicted molar refractivity (Wildman–Crippen MR) is 89.5 cm³/mol. The summed E-state index contributed by atoms with van der Waals surface area (Å²) in [6.07, 6.45) is -0.280. The van der Waals surface area contributed by atoms with Gasteiger partial charge in [0.1, 0.15) is 0 Å². The molecule has 8 heteroatoms. The molecule has 0 aliphatic carbocycles. The van der Waals surface area contributed by atoms with Crippen LogP contribution in [0.25, 0.3) is 0 Å². The van der Waals surface area contributed by atoms with Crippen molar-refractivity contribution in [3.05, 3.63) is 35.4 Å². The van der Waals surface area contributed by atoms with Crippen LogP contribution in [0.15, 0.2) is 24.3 Å². The second-order valence-electron chi connectivity index (χ2n) is 4.83. The van der Waals surface area contributed by atoms with Gasteiger partial charge in [0.15, 0.2) is 6.10 Å². The van der Waals surface area contributed by atoms with E-state index in [1.807, 2.05) is 12.1 Å². The number of ether oxygens (including phenoxy) is 1. The van der Waals surface area contributed by atoms with Crippen molar-refractivity contribution in [3.63, 3.8) is 0 Å². The van der Waals surface area contributed by atoms with Gasteiger partial charge in [-0.3, -0.25) is 9.59 Å². The first-order valence-electron chi connectivity index (χ1n) is 7.10. The van der Waals surface area contributed by atoms with Crippen LogP contribution in [0.5, 0.6) is 0 Å². The van der Waals surface area contributed by atoms with E-state index in [1.165, 1.54) is 21.6 Å². The van der Waals surface area contributed by atoms with Crippen molar-refractivity contribution in [1.29, 1.82) is 0 Å². The molecule has 0 saturated carbocycles. The molecule has 0 bridgehead atoms. The summed E-state index contributed by atoms with van der Waals surface area (Å²) in [7, 11) is 2.96. The first-order chi connectivity index (χ1) is 11.1. The lowest BCUT2D eigenvalue weighted by Gasteiger charge is -2.23. The zero-order valence-corrected chi connectivity index (χ0v) is 14.0. The Morgan fingerprint density at radius 3 is 2.78 bits per heavy atom. The number of fused-ring (bicyclic) bond motifs is 1. The average molecular weight is 355 g/mol. The molecule has 124 valence electrons. The summed E-state index contributed by atoms with van der Waals surface area (Å²) < 4.78 is 5.17. The number of aliphatic carboxylic acids is 1. The molecule has 0 saturated heterocycles. The highest BCUT2D eigenvalue weighted by atomic mass is 33.1. The van der Waals surface area contributed by atoms with Gasteiger partial charge in [0.05, 0.1) is 12.0 Å². The van der Waals surface area contributed by atoms with Crippen LogP contribution >= 0.6 is 21.6 Å². The molecule has 0 aromatic heterocycles. The highest BCUT2D eigenvalue weighted by Crippen LogP contribution is 2.22. The number of carboxylic acid groups (broad SMARTS) is 1. The van der Waals surface area contributed by atoms with E-state index in [0.29, 0.717) is 30.0 Å². The third kappa shape index (κ3) is 5.47. The molecule has 1 unspecified atom stereocenters. The highest BCUT2D eigenvalue weighted by Gasteiger charge is 2.30. The van der Waals surface area contributed by atoms with E-state index >= 15 is 0 Å². The largest absolute Gasteiger partial charge is 0.481 e. The number of carbonyl (C=O) groups excluding carboxylic acids is 2. The summed E-state index contributed by atoms with van der Waals surface area (Å²) in [5.74, 6) is -0.390. The van der Waals surface area contributed by atoms with Crippen molar-refractivity contribution >= 4 is 39.4 Å². The Morgan fingerprint density at radius 1 is 1.26 bits per heavy atom. The summed E-state index contributed by atoms with van der Waals surface area (Å²) in [5.41, 5.74) is 1.34. The van der Waals surface area contributed by atoms with Gasteiger partial charge in [0.2, 0.25) is 0 Å². The zero-order chi connectivity index (χ0) is 16.7. The Bertz CT molecular complexity index is 593. The molecule has 2 rings (SSSR count). The van der Waals surface area contributed by atoms with E-state index in [-0.39, 0.29) is 12.3 Å². The molecular formula is C15H17NO5S2. The van der Waals surface area contributed by atoms with E-state index in [4.69, 9.17) is 9.84 Å². The Kier molecular flexibility index (Phi) is 6.79. The van der Waals surface area contributed by atoms with Crippen LogP contribution in [0.4, 0.5) is 0 Å². The fourth-order valence-electron chi connectivity index (χ4n) is 2.05. The summed E-state index contributed by atoms with van der Waals surface area (Å²) in [6, 6.07) is 7.11. The minimum atomic E-state index is -0.814. The molecule has 1 aliphatic rings. The summed E-state index contributed by atoms with van der Waals surface area (Å²) >= 11 is 0. The first-order valence-corrected chi connectivity index (χ1v) is 9.59. The van der Waals surface area contributed by atoms with Gasteiger partial charge in [-0.2, -0.15) is 0 Å². The minimum absolute atomic E-state index is 0.126. The van der Waals surface area contributed by atoms with Crippen LogP contribution in [-0.4, -0.2) is 47.1 Å².